The van der Waals surface area contributed by atoms with Crippen LogP contribution >= 0.6 is 11.3 Å². The molecule has 0 bridgehead atoms. The van der Waals surface area contributed by atoms with Gasteiger partial charge in [-0.15, -0.1) is 11.3 Å². The van der Waals surface area contributed by atoms with Crippen LogP contribution in [-0.2, 0) is 17.6 Å². The van der Waals surface area contributed by atoms with Crippen LogP contribution in [0.25, 0.3) is 20.2 Å². The molecule has 0 aliphatic carbocycles. The standard InChI is InChI=1S/C17H14O3S/c1-2-10-7-11(9-15(18)19)17-13(8-10)16(20)12-5-3-4-6-14(12)21-17/h3-8H,2,9H2,1H3,(H,18,19). The summed E-state index contributed by atoms with van der Waals surface area (Å²) in [6.07, 6.45) is 0.720. The van der Waals surface area contributed by atoms with E-state index in [-0.39, 0.29) is 11.8 Å². The van der Waals surface area contributed by atoms with Crippen LogP contribution in [0.3, 0.4) is 0 Å². The van der Waals surface area contributed by atoms with E-state index in [4.69, 9.17) is 5.11 Å². The summed E-state index contributed by atoms with van der Waals surface area (Å²) in [5, 5.41) is 10.4. The summed E-state index contributed by atoms with van der Waals surface area (Å²) in [6.45, 7) is 2.00. The Balaban J connectivity index is 2.45. The first-order valence-electron chi connectivity index (χ1n) is 6.79. The van der Waals surface area contributed by atoms with Gasteiger partial charge in [-0.3, -0.25) is 9.59 Å². The molecule has 0 fully saturated rings. The zero-order chi connectivity index (χ0) is 15.0. The smallest absolute Gasteiger partial charge is 0.307 e. The normalized spacial score (nSPS) is 11.1. The second-order valence-corrected chi connectivity index (χ2v) is 6.04. The Kier molecular flexibility index (Phi) is 3.47. The van der Waals surface area contributed by atoms with Crippen LogP contribution in [0.2, 0.25) is 0 Å². The quantitative estimate of drug-likeness (QED) is 0.752. The van der Waals surface area contributed by atoms with Gasteiger partial charge in [-0.2, -0.15) is 0 Å². The lowest BCUT2D eigenvalue weighted by Gasteiger charge is -2.08. The maximum Gasteiger partial charge on any atom is 0.307 e. The predicted octanol–water partition coefficient (Wildman–Crippen LogP) is 3.60. The fourth-order valence-corrected chi connectivity index (χ4v) is 3.70. The van der Waals surface area contributed by atoms with Gasteiger partial charge in [-0.05, 0) is 35.7 Å². The Morgan fingerprint density at radius 3 is 2.67 bits per heavy atom. The van der Waals surface area contributed by atoms with Gasteiger partial charge in [0.2, 0.25) is 0 Å². The molecule has 2 aromatic carbocycles. The molecular formula is C17H14O3S. The summed E-state index contributed by atoms with van der Waals surface area (Å²) in [5.41, 5.74) is 1.71. The number of carboxylic acids is 1. The monoisotopic (exact) mass is 298 g/mol. The molecule has 0 aliphatic rings. The highest BCUT2D eigenvalue weighted by Crippen LogP contribution is 2.29. The highest BCUT2D eigenvalue weighted by Gasteiger charge is 2.12. The van der Waals surface area contributed by atoms with E-state index in [2.05, 4.69) is 0 Å². The third-order valence-corrected chi connectivity index (χ3v) is 4.83. The Morgan fingerprint density at radius 2 is 1.95 bits per heavy atom. The van der Waals surface area contributed by atoms with Gasteiger partial charge < -0.3 is 5.11 Å². The molecule has 106 valence electrons. The van der Waals surface area contributed by atoms with Crippen LogP contribution in [0.4, 0.5) is 0 Å². The number of carboxylic acid groups (broad SMARTS) is 1. The molecule has 0 saturated carbocycles. The van der Waals surface area contributed by atoms with Crippen molar-refractivity contribution in [3.05, 3.63) is 57.7 Å². The molecule has 21 heavy (non-hydrogen) atoms. The van der Waals surface area contributed by atoms with Crippen molar-refractivity contribution in [1.82, 2.24) is 0 Å². The molecule has 3 nitrogen and oxygen atoms in total. The van der Waals surface area contributed by atoms with Crippen LogP contribution in [0.15, 0.2) is 41.2 Å². The van der Waals surface area contributed by atoms with Gasteiger partial charge in [-0.25, -0.2) is 0 Å². The van der Waals surface area contributed by atoms with E-state index in [1.165, 1.54) is 11.3 Å². The van der Waals surface area contributed by atoms with Crippen molar-refractivity contribution in [1.29, 1.82) is 0 Å². The van der Waals surface area contributed by atoms with Gasteiger partial charge in [0.1, 0.15) is 0 Å². The summed E-state index contributed by atoms with van der Waals surface area (Å²) in [7, 11) is 0. The van der Waals surface area contributed by atoms with Crippen molar-refractivity contribution >= 4 is 37.5 Å². The number of fused-ring (bicyclic) bond motifs is 2. The van der Waals surface area contributed by atoms with Crippen molar-refractivity contribution in [2.45, 2.75) is 19.8 Å². The molecule has 1 aromatic heterocycles. The summed E-state index contributed by atoms with van der Waals surface area (Å²) >= 11 is 1.49. The Bertz CT molecular complexity index is 909. The Hall–Kier alpha value is -2.20. The summed E-state index contributed by atoms with van der Waals surface area (Å²) in [5.74, 6) is -0.877. The molecule has 0 saturated heterocycles. The fraction of sp³-hybridized carbons (Fsp3) is 0.176. The molecule has 0 amide bonds. The first kappa shape index (κ1) is 13.8. The average molecular weight is 298 g/mol. The zero-order valence-electron chi connectivity index (χ0n) is 11.6. The molecule has 0 unspecified atom stereocenters. The van der Waals surface area contributed by atoms with Crippen LogP contribution in [0.5, 0.6) is 0 Å². The van der Waals surface area contributed by atoms with Crippen LogP contribution in [0.1, 0.15) is 18.1 Å². The lowest BCUT2D eigenvalue weighted by Crippen LogP contribution is -2.06. The van der Waals surface area contributed by atoms with E-state index in [1.54, 1.807) is 0 Å². The third kappa shape index (κ3) is 2.43. The average Bonchev–Trinajstić information content (AvgIpc) is 2.47. The van der Waals surface area contributed by atoms with E-state index in [1.807, 2.05) is 43.3 Å². The molecule has 0 aliphatic heterocycles. The topological polar surface area (TPSA) is 54.4 Å². The molecule has 3 rings (SSSR count). The lowest BCUT2D eigenvalue weighted by atomic mass is 10.0. The minimum atomic E-state index is -0.877. The minimum absolute atomic E-state index is 0.0127. The van der Waals surface area contributed by atoms with Gasteiger partial charge in [0.15, 0.2) is 5.43 Å². The molecule has 3 aromatic rings. The second kappa shape index (κ2) is 5.30. The molecule has 0 atom stereocenters. The summed E-state index contributed by atoms with van der Waals surface area (Å²) in [4.78, 5) is 23.7. The first-order chi connectivity index (χ1) is 10.1. The third-order valence-electron chi connectivity index (χ3n) is 3.56. The largest absolute Gasteiger partial charge is 0.481 e. The maximum absolute atomic E-state index is 12.7. The maximum atomic E-state index is 12.7. The van der Waals surface area contributed by atoms with Crippen molar-refractivity contribution in [3.8, 4) is 0 Å². The molecule has 1 heterocycles. The van der Waals surface area contributed by atoms with Crippen molar-refractivity contribution < 1.29 is 9.90 Å². The number of hydrogen-bond donors (Lipinski definition) is 1. The van der Waals surface area contributed by atoms with Crippen molar-refractivity contribution in [2.24, 2.45) is 0 Å². The lowest BCUT2D eigenvalue weighted by molar-refractivity contribution is -0.136. The number of hydrogen-bond acceptors (Lipinski definition) is 3. The molecule has 0 spiro atoms. The Morgan fingerprint density at radius 1 is 1.19 bits per heavy atom. The van der Waals surface area contributed by atoms with Crippen molar-refractivity contribution in [2.75, 3.05) is 0 Å². The van der Waals surface area contributed by atoms with Gasteiger partial charge in [0.05, 0.1) is 6.42 Å². The summed E-state index contributed by atoms with van der Waals surface area (Å²) < 4.78 is 1.68. The predicted molar refractivity (Wildman–Crippen MR) is 86.3 cm³/mol. The SMILES string of the molecule is CCc1cc(CC(=O)O)c2sc3ccccc3c(=O)c2c1. The number of aryl methyl sites for hydroxylation is 1. The Labute approximate surface area is 125 Å². The highest BCUT2D eigenvalue weighted by atomic mass is 32.1. The first-order valence-corrected chi connectivity index (χ1v) is 7.61. The summed E-state index contributed by atoms with van der Waals surface area (Å²) in [6, 6.07) is 11.3. The van der Waals surface area contributed by atoms with Crippen LogP contribution in [-0.4, -0.2) is 11.1 Å². The molecule has 4 heteroatoms. The van der Waals surface area contributed by atoms with E-state index < -0.39 is 5.97 Å². The van der Waals surface area contributed by atoms with E-state index in [0.29, 0.717) is 10.8 Å². The van der Waals surface area contributed by atoms with E-state index in [0.717, 1.165) is 26.9 Å². The number of benzene rings is 2. The van der Waals surface area contributed by atoms with Gasteiger partial charge in [-0.1, -0.05) is 25.1 Å². The molecular weight excluding hydrogens is 284 g/mol. The van der Waals surface area contributed by atoms with Crippen molar-refractivity contribution in [3.63, 3.8) is 0 Å². The molecule has 0 radical (unpaired) electrons. The highest BCUT2D eigenvalue weighted by molar-refractivity contribution is 7.24. The molecule has 1 N–H and O–H groups in total. The fourth-order valence-electron chi connectivity index (χ4n) is 2.54. The minimum Gasteiger partial charge on any atom is -0.481 e. The van der Waals surface area contributed by atoms with E-state index >= 15 is 0 Å². The van der Waals surface area contributed by atoms with Crippen LogP contribution < -0.4 is 5.43 Å². The second-order valence-electron chi connectivity index (χ2n) is 4.98. The zero-order valence-corrected chi connectivity index (χ0v) is 12.4. The number of rotatable bonds is 3. The van der Waals surface area contributed by atoms with E-state index in [9.17, 15) is 9.59 Å². The van der Waals surface area contributed by atoms with Crippen LogP contribution in [0, 0.1) is 0 Å². The van der Waals surface area contributed by atoms with Gasteiger partial charge >= 0.3 is 5.97 Å². The number of carbonyl (C=O) groups is 1. The van der Waals surface area contributed by atoms with Gasteiger partial charge in [0.25, 0.3) is 0 Å². The van der Waals surface area contributed by atoms with Gasteiger partial charge in [0, 0.05) is 20.2 Å². The number of aliphatic carboxylic acids is 1.